The van der Waals surface area contributed by atoms with Gasteiger partial charge in [0.2, 0.25) is 12.7 Å². The van der Waals surface area contributed by atoms with Crippen molar-refractivity contribution in [2.24, 2.45) is 0 Å². The summed E-state index contributed by atoms with van der Waals surface area (Å²) in [6.07, 6.45) is 7.16. The minimum atomic E-state index is -0.0909. The second-order valence-corrected chi connectivity index (χ2v) is 8.66. The standard InChI is InChI=1S/C25H27N5O3/c1-16(2)23-20(17-5-9-26-10-6-17)14-27-25(29-23)30-11-7-19(8-12-30)28-24(31)18-3-4-21-22(13-18)33-15-32-21/h3-6,9-10,13-14,16,19H,7-8,11-12,15H2,1-2H3,(H,28,31). The lowest BCUT2D eigenvalue weighted by Gasteiger charge is -2.32. The quantitative estimate of drug-likeness (QED) is 0.639. The van der Waals surface area contributed by atoms with E-state index in [1.54, 1.807) is 30.6 Å². The summed E-state index contributed by atoms with van der Waals surface area (Å²) in [5, 5.41) is 3.15. The van der Waals surface area contributed by atoms with Crippen LogP contribution < -0.4 is 19.7 Å². The van der Waals surface area contributed by atoms with Gasteiger partial charge in [0.1, 0.15) is 0 Å². The van der Waals surface area contributed by atoms with Crippen LogP contribution in [0.1, 0.15) is 48.7 Å². The van der Waals surface area contributed by atoms with Gasteiger partial charge < -0.3 is 19.7 Å². The number of nitrogens with one attached hydrogen (secondary N) is 1. The molecule has 0 spiro atoms. The normalized spacial score (nSPS) is 15.7. The lowest BCUT2D eigenvalue weighted by atomic mass is 10.00. The third-order valence-electron chi connectivity index (χ3n) is 6.09. The van der Waals surface area contributed by atoms with Gasteiger partial charge in [-0.1, -0.05) is 13.8 Å². The zero-order valence-electron chi connectivity index (χ0n) is 18.8. The summed E-state index contributed by atoms with van der Waals surface area (Å²) in [5.41, 5.74) is 3.73. The van der Waals surface area contributed by atoms with E-state index in [-0.39, 0.29) is 24.7 Å². The van der Waals surface area contributed by atoms with Crippen molar-refractivity contribution in [2.75, 3.05) is 24.8 Å². The highest BCUT2D eigenvalue weighted by atomic mass is 16.7. The first kappa shape index (κ1) is 21.2. The van der Waals surface area contributed by atoms with E-state index in [9.17, 15) is 4.79 Å². The van der Waals surface area contributed by atoms with Crippen LogP contribution in [0.25, 0.3) is 11.1 Å². The molecule has 0 aliphatic carbocycles. The first-order chi connectivity index (χ1) is 16.1. The molecule has 1 saturated heterocycles. The van der Waals surface area contributed by atoms with Gasteiger partial charge in [0.05, 0.1) is 5.69 Å². The fraction of sp³-hybridized carbons (Fsp3) is 0.360. The van der Waals surface area contributed by atoms with E-state index in [4.69, 9.17) is 14.5 Å². The topological polar surface area (TPSA) is 89.5 Å². The number of amides is 1. The second-order valence-electron chi connectivity index (χ2n) is 8.66. The molecule has 3 aromatic rings. The van der Waals surface area contributed by atoms with Crippen molar-refractivity contribution >= 4 is 11.9 Å². The number of ether oxygens (including phenoxy) is 2. The molecule has 1 fully saturated rings. The molecule has 5 rings (SSSR count). The van der Waals surface area contributed by atoms with Gasteiger partial charge in [-0.2, -0.15) is 0 Å². The number of carbonyl (C=O) groups is 1. The van der Waals surface area contributed by atoms with Gasteiger partial charge in [-0.05, 0) is 54.7 Å². The molecule has 1 N–H and O–H groups in total. The molecule has 0 bridgehead atoms. The van der Waals surface area contributed by atoms with Crippen LogP contribution in [0, 0.1) is 0 Å². The molecular formula is C25H27N5O3. The zero-order valence-corrected chi connectivity index (χ0v) is 18.8. The van der Waals surface area contributed by atoms with E-state index in [0.717, 1.165) is 48.7 Å². The fourth-order valence-electron chi connectivity index (χ4n) is 4.26. The van der Waals surface area contributed by atoms with Crippen LogP contribution in [-0.4, -0.2) is 46.8 Å². The van der Waals surface area contributed by atoms with Gasteiger partial charge in [-0.3, -0.25) is 9.78 Å². The highest BCUT2D eigenvalue weighted by molar-refractivity contribution is 5.95. The van der Waals surface area contributed by atoms with Gasteiger partial charge in [-0.15, -0.1) is 0 Å². The Balaban J connectivity index is 1.23. The predicted octanol–water partition coefficient (Wildman–Crippen LogP) is 3.79. The maximum Gasteiger partial charge on any atom is 0.251 e. The van der Waals surface area contributed by atoms with Crippen molar-refractivity contribution in [3.05, 3.63) is 60.2 Å². The van der Waals surface area contributed by atoms with E-state index in [1.165, 1.54) is 0 Å². The lowest BCUT2D eigenvalue weighted by molar-refractivity contribution is 0.0930. The highest BCUT2D eigenvalue weighted by Crippen LogP contribution is 2.33. The molecule has 0 radical (unpaired) electrons. The first-order valence-corrected chi connectivity index (χ1v) is 11.3. The molecule has 1 aromatic carbocycles. The number of piperidine rings is 1. The second kappa shape index (κ2) is 9.05. The van der Waals surface area contributed by atoms with Gasteiger partial charge in [0, 0.05) is 48.8 Å². The van der Waals surface area contributed by atoms with Crippen LogP contribution in [-0.2, 0) is 0 Å². The van der Waals surface area contributed by atoms with E-state index >= 15 is 0 Å². The molecule has 170 valence electrons. The molecule has 0 saturated carbocycles. The van der Waals surface area contributed by atoms with Gasteiger partial charge >= 0.3 is 0 Å². The summed E-state index contributed by atoms with van der Waals surface area (Å²) in [6.45, 7) is 6.07. The molecule has 8 nitrogen and oxygen atoms in total. The number of hydrogen-bond donors (Lipinski definition) is 1. The van der Waals surface area contributed by atoms with Crippen molar-refractivity contribution < 1.29 is 14.3 Å². The Morgan fingerprint density at radius 2 is 1.85 bits per heavy atom. The molecule has 33 heavy (non-hydrogen) atoms. The molecule has 2 aromatic heterocycles. The molecule has 8 heteroatoms. The van der Waals surface area contributed by atoms with Gasteiger partial charge in [-0.25, -0.2) is 9.97 Å². The molecule has 2 aliphatic heterocycles. The van der Waals surface area contributed by atoms with Crippen LogP contribution >= 0.6 is 0 Å². The summed E-state index contributed by atoms with van der Waals surface area (Å²) < 4.78 is 10.7. The maximum absolute atomic E-state index is 12.7. The fourth-order valence-corrected chi connectivity index (χ4v) is 4.26. The Hall–Kier alpha value is -3.68. The number of carbonyl (C=O) groups excluding carboxylic acids is 1. The predicted molar refractivity (Wildman–Crippen MR) is 125 cm³/mol. The van der Waals surface area contributed by atoms with Crippen molar-refractivity contribution in [1.82, 2.24) is 20.3 Å². The van der Waals surface area contributed by atoms with Crippen LogP contribution in [0.3, 0.4) is 0 Å². The van der Waals surface area contributed by atoms with Crippen molar-refractivity contribution in [3.63, 3.8) is 0 Å². The molecule has 0 atom stereocenters. The SMILES string of the molecule is CC(C)c1nc(N2CCC(NC(=O)c3ccc4c(c3)OCO4)CC2)ncc1-c1ccncc1. The Morgan fingerprint density at radius 3 is 2.61 bits per heavy atom. The number of anilines is 1. The minimum absolute atomic E-state index is 0.0909. The number of rotatable bonds is 5. The average molecular weight is 446 g/mol. The molecule has 0 unspecified atom stereocenters. The minimum Gasteiger partial charge on any atom is -0.454 e. The summed E-state index contributed by atoms with van der Waals surface area (Å²) >= 11 is 0. The largest absolute Gasteiger partial charge is 0.454 e. The summed E-state index contributed by atoms with van der Waals surface area (Å²) in [6, 6.07) is 9.36. The van der Waals surface area contributed by atoms with Crippen molar-refractivity contribution in [2.45, 2.75) is 38.6 Å². The molecule has 2 aliphatic rings. The van der Waals surface area contributed by atoms with Crippen molar-refractivity contribution in [1.29, 1.82) is 0 Å². The Morgan fingerprint density at radius 1 is 1.09 bits per heavy atom. The first-order valence-electron chi connectivity index (χ1n) is 11.3. The lowest BCUT2D eigenvalue weighted by Crippen LogP contribution is -2.45. The van der Waals surface area contributed by atoms with E-state index < -0.39 is 0 Å². The number of nitrogens with zero attached hydrogens (tertiary/aromatic N) is 4. The number of fused-ring (bicyclic) bond motifs is 1. The Bertz CT molecular complexity index is 1140. The van der Waals surface area contributed by atoms with Crippen LogP contribution in [0.5, 0.6) is 11.5 Å². The number of hydrogen-bond acceptors (Lipinski definition) is 7. The Labute approximate surface area is 193 Å². The summed E-state index contributed by atoms with van der Waals surface area (Å²) in [7, 11) is 0. The van der Waals surface area contributed by atoms with Crippen LogP contribution in [0.4, 0.5) is 5.95 Å². The van der Waals surface area contributed by atoms with E-state index in [0.29, 0.717) is 17.1 Å². The number of aromatic nitrogens is 3. The van der Waals surface area contributed by atoms with Gasteiger partial charge in [0.15, 0.2) is 11.5 Å². The van der Waals surface area contributed by atoms with E-state index in [1.807, 2.05) is 18.3 Å². The van der Waals surface area contributed by atoms with E-state index in [2.05, 4.69) is 34.0 Å². The number of benzene rings is 1. The van der Waals surface area contributed by atoms with Crippen LogP contribution in [0.2, 0.25) is 0 Å². The highest BCUT2D eigenvalue weighted by Gasteiger charge is 2.25. The third kappa shape index (κ3) is 4.46. The maximum atomic E-state index is 12.7. The monoisotopic (exact) mass is 445 g/mol. The zero-order chi connectivity index (χ0) is 22.8. The molecule has 4 heterocycles. The molecule has 1 amide bonds. The molecular weight excluding hydrogens is 418 g/mol. The van der Waals surface area contributed by atoms with Crippen molar-refractivity contribution in [3.8, 4) is 22.6 Å². The average Bonchev–Trinajstić information content (AvgIpc) is 3.33. The number of pyridine rings is 1. The summed E-state index contributed by atoms with van der Waals surface area (Å²) in [4.78, 5) is 28.6. The Kier molecular flexibility index (Phi) is 5.81. The van der Waals surface area contributed by atoms with Gasteiger partial charge in [0.25, 0.3) is 5.91 Å². The van der Waals surface area contributed by atoms with Crippen LogP contribution in [0.15, 0.2) is 48.9 Å². The third-order valence-corrected chi connectivity index (χ3v) is 6.09. The smallest absolute Gasteiger partial charge is 0.251 e. The summed E-state index contributed by atoms with van der Waals surface area (Å²) in [5.74, 6) is 2.22.